The molecule has 0 radical (unpaired) electrons. The number of carboxylic acid groups (broad SMARTS) is 1. The maximum absolute atomic E-state index is 12.1. The average molecular weight is 262 g/mol. The van der Waals surface area contributed by atoms with Crippen molar-refractivity contribution < 1.29 is 14.7 Å². The number of carbonyl (C=O) groups excluding carboxylic acids is 1. The molecule has 2 rings (SSSR count). The van der Waals surface area contributed by atoms with Gasteiger partial charge in [0.1, 0.15) is 0 Å². The van der Waals surface area contributed by atoms with E-state index >= 15 is 0 Å². The molecule has 1 heterocycles. The second-order valence-corrected chi connectivity index (χ2v) is 4.67. The highest BCUT2D eigenvalue weighted by molar-refractivity contribution is 5.84. The number of aliphatic carboxylic acids is 1. The van der Waals surface area contributed by atoms with Crippen molar-refractivity contribution in [3.63, 3.8) is 0 Å². The lowest BCUT2D eigenvalue weighted by Crippen LogP contribution is -2.39. The van der Waals surface area contributed by atoms with Gasteiger partial charge in [-0.25, -0.2) is 0 Å². The Labute approximate surface area is 112 Å². The maximum Gasteiger partial charge on any atom is 0.303 e. The number of amides is 1. The topological polar surface area (TPSA) is 78.4 Å². The maximum atomic E-state index is 12.1. The van der Waals surface area contributed by atoms with E-state index < -0.39 is 5.97 Å². The molecule has 0 spiro atoms. The van der Waals surface area contributed by atoms with Crippen molar-refractivity contribution in [3.8, 4) is 0 Å². The molecule has 1 atom stereocenters. The van der Waals surface area contributed by atoms with Crippen molar-refractivity contribution in [2.24, 2.45) is 0 Å². The SMILES string of the molecule is O=C(O)CCCNC(=O)C1CNCc2ccccc21. The smallest absolute Gasteiger partial charge is 0.303 e. The third kappa shape index (κ3) is 3.54. The molecule has 102 valence electrons. The largest absolute Gasteiger partial charge is 0.481 e. The van der Waals surface area contributed by atoms with Gasteiger partial charge in [-0.1, -0.05) is 24.3 Å². The molecule has 0 aliphatic carbocycles. The Morgan fingerprint density at radius 1 is 1.37 bits per heavy atom. The summed E-state index contributed by atoms with van der Waals surface area (Å²) < 4.78 is 0. The second kappa shape index (κ2) is 6.33. The molecule has 0 aromatic heterocycles. The molecule has 19 heavy (non-hydrogen) atoms. The van der Waals surface area contributed by atoms with E-state index in [0.29, 0.717) is 19.5 Å². The summed E-state index contributed by atoms with van der Waals surface area (Å²) in [5, 5.41) is 14.6. The monoisotopic (exact) mass is 262 g/mol. The third-order valence-electron chi connectivity index (χ3n) is 3.28. The summed E-state index contributed by atoms with van der Waals surface area (Å²) in [5.41, 5.74) is 2.22. The first-order chi connectivity index (χ1) is 9.18. The summed E-state index contributed by atoms with van der Waals surface area (Å²) >= 11 is 0. The average Bonchev–Trinajstić information content (AvgIpc) is 2.42. The van der Waals surface area contributed by atoms with Crippen molar-refractivity contribution >= 4 is 11.9 Å². The lowest BCUT2D eigenvalue weighted by atomic mass is 9.90. The molecule has 0 bridgehead atoms. The Bertz CT molecular complexity index is 474. The van der Waals surface area contributed by atoms with Crippen molar-refractivity contribution in [2.75, 3.05) is 13.1 Å². The zero-order valence-electron chi connectivity index (χ0n) is 10.7. The number of hydrogen-bond donors (Lipinski definition) is 3. The normalized spacial score (nSPS) is 17.6. The number of nitrogens with one attached hydrogen (secondary N) is 2. The summed E-state index contributed by atoms with van der Waals surface area (Å²) in [7, 11) is 0. The number of rotatable bonds is 5. The van der Waals surface area contributed by atoms with Gasteiger partial charge in [0.2, 0.25) is 5.91 Å². The van der Waals surface area contributed by atoms with E-state index in [1.54, 1.807) is 0 Å². The summed E-state index contributed by atoms with van der Waals surface area (Å²) in [4.78, 5) is 22.5. The molecule has 1 aliphatic rings. The fraction of sp³-hybridized carbons (Fsp3) is 0.429. The van der Waals surface area contributed by atoms with Crippen molar-refractivity contribution in [1.29, 1.82) is 0 Å². The van der Waals surface area contributed by atoms with E-state index in [2.05, 4.69) is 10.6 Å². The van der Waals surface area contributed by atoms with Gasteiger partial charge in [-0.15, -0.1) is 0 Å². The summed E-state index contributed by atoms with van der Waals surface area (Å²) in [5.74, 6) is -1.06. The molecule has 0 fully saturated rings. The number of fused-ring (bicyclic) bond motifs is 1. The molecular weight excluding hydrogens is 244 g/mol. The summed E-state index contributed by atoms with van der Waals surface area (Å²) in [6, 6.07) is 7.91. The molecule has 1 aliphatic heterocycles. The molecule has 1 amide bonds. The highest BCUT2D eigenvalue weighted by Crippen LogP contribution is 2.23. The second-order valence-electron chi connectivity index (χ2n) is 4.67. The fourth-order valence-electron chi connectivity index (χ4n) is 2.30. The molecule has 0 saturated heterocycles. The van der Waals surface area contributed by atoms with Gasteiger partial charge in [0, 0.05) is 26.1 Å². The van der Waals surface area contributed by atoms with E-state index in [-0.39, 0.29) is 18.2 Å². The van der Waals surface area contributed by atoms with Crippen LogP contribution in [-0.2, 0) is 16.1 Å². The van der Waals surface area contributed by atoms with Crippen LogP contribution in [0.5, 0.6) is 0 Å². The molecule has 1 unspecified atom stereocenters. The number of benzene rings is 1. The van der Waals surface area contributed by atoms with Gasteiger partial charge >= 0.3 is 5.97 Å². The van der Waals surface area contributed by atoms with Crippen LogP contribution in [0.4, 0.5) is 0 Å². The van der Waals surface area contributed by atoms with Crippen LogP contribution in [0.2, 0.25) is 0 Å². The van der Waals surface area contributed by atoms with Crippen molar-refractivity contribution in [2.45, 2.75) is 25.3 Å². The zero-order chi connectivity index (χ0) is 13.7. The molecule has 5 nitrogen and oxygen atoms in total. The van der Waals surface area contributed by atoms with Gasteiger partial charge in [0.15, 0.2) is 0 Å². The molecule has 1 aromatic carbocycles. The van der Waals surface area contributed by atoms with E-state index in [4.69, 9.17) is 5.11 Å². The van der Waals surface area contributed by atoms with Crippen LogP contribution in [0.25, 0.3) is 0 Å². The Morgan fingerprint density at radius 3 is 2.95 bits per heavy atom. The first-order valence-electron chi connectivity index (χ1n) is 6.46. The number of carbonyl (C=O) groups is 2. The molecular formula is C14H18N2O3. The van der Waals surface area contributed by atoms with Gasteiger partial charge in [-0.3, -0.25) is 9.59 Å². The lowest BCUT2D eigenvalue weighted by Gasteiger charge is -2.25. The van der Waals surface area contributed by atoms with Gasteiger partial charge in [0.05, 0.1) is 5.92 Å². The summed E-state index contributed by atoms with van der Waals surface area (Å²) in [6.45, 7) is 1.82. The standard InChI is InChI=1S/C14H18N2O3/c17-13(18)6-3-7-16-14(19)12-9-15-8-10-4-1-2-5-11(10)12/h1-2,4-5,12,15H,3,6-9H2,(H,16,19)(H,17,18). The summed E-state index contributed by atoms with van der Waals surface area (Å²) in [6.07, 6.45) is 0.544. The first kappa shape index (κ1) is 13.5. The Hall–Kier alpha value is -1.88. The lowest BCUT2D eigenvalue weighted by molar-refractivity contribution is -0.137. The predicted molar refractivity (Wildman–Crippen MR) is 70.8 cm³/mol. The van der Waals surface area contributed by atoms with Crippen LogP contribution < -0.4 is 10.6 Å². The van der Waals surface area contributed by atoms with E-state index in [1.807, 2.05) is 24.3 Å². The quantitative estimate of drug-likeness (QED) is 0.688. The Balaban J connectivity index is 1.92. The van der Waals surface area contributed by atoms with Crippen LogP contribution in [0, 0.1) is 0 Å². The molecule has 5 heteroatoms. The van der Waals surface area contributed by atoms with Crippen molar-refractivity contribution in [1.82, 2.24) is 10.6 Å². The van der Waals surface area contributed by atoms with Crippen LogP contribution in [0.3, 0.4) is 0 Å². The van der Waals surface area contributed by atoms with Gasteiger partial charge in [0.25, 0.3) is 0 Å². The highest BCUT2D eigenvalue weighted by Gasteiger charge is 2.25. The van der Waals surface area contributed by atoms with Crippen LogP contribution in [0.1, 0.15) is 29.9 Å². The Morgan fingerprint density at radius 2 is 2.16 bits per heavy atom. The van der Waals surface area contributed by atoms with Gasteiger partial charge < -0.3 is 15.7 Å². The Kier molecular flexibility index (Phi) is 4.52. The van der Waals surface area contributed by atoms with Gasteiger partial charge in [-0.05, 0) is 17.5 Å². The van der Waals surface area contributed by atoms with Crippen molar-refractivity contribution in [3.05, 3.63) is 35.4 Å². The molecule has 1 aromatic rings. The highest BCUT2D eigenvalue weighted by atomic mass is 16.4. The number of hydrogen-bond acceptors (Lipinski definition) is 3. The fourth-order valence-corrected chi connectivity index (χ4v) is 2.30. The zero-order valence-corrected chi connectivity index (χ0v) is 10.7. The van der Waals surface area contributed by atoms with Gasteiger partial charge in [-0.2, -0.15) is 0 Å². The minimum absolute atomic E-state index is 0.0370. The minimum Gasteiger partial charge on any atom is -0.481 e. The number of carboxylic acids is 1. The molecule has 0 saturated carbocycles. The minimum atomic E-state index is -0.834. The predicted octanol–water partition coefficient (Wildman–Crippen LogP) is 0.854. The molecule has 3 N–H and O–H groups in total. The van der Waals surface area contributed by atoms with Crippen LogP contribution in [-0.4, -0.2) is 30.1 Å². The van der Waals surface area contributed by atoms with Crippen LogP contribution >= 0.6 is 0 Å². The van der Waals surface area contributed by atoms with E-state index in [1.165, 1.54) is 0 Å². The van der Waals surface area contributed by atoms with Crippen LogP contribution in [0.15, 0.2) is 24.3 Å². The van der Waals surface area contributed by atoms with E-state index in [0.717, 1.165) is 17.7 Å². The third-order valence-corrected chi connectivity index (χ3v) is 3.28. The van der Waals surface area contributed by atoms with E-state index in [9.17, 15) is 9.59 Å². The first-order valence-corrected chi connectivity index (χ1v) is 6.46.